The highest BCUT2D eigenvalue weighted by atomic mass is 127. The molecule has 0 amide bonds. The lowest BCUT2D eigenvalue weighted by atomic mass is 10.3. The Balaban J connectivity index is 0.000000980. The van der Waals surface area contributed by atoms with Crippen molar-refractivity contribution in [1.29, 1.82) is 0 Å². The lowest BCUT2D eigenvalue weighted by molar-refractivity contribution is -0.698. The van der Waals surface area contributed by atoms with E-state index in [4.69, 9.17) is 0 Å². The van der Waals surface area contributed by atoms with E-state index in [-0.39, 0.29) is 24.0 Å². The van der Waals surface area contributed by atoms with Gasteiger partial charge in [-0.05, 0) is 26.0 Å². The van der Waals surface area contributed by atoms with Crippen LogP contribution in [0.2, 0.25) is 0 Å². The minimum Gasteiger partial charge on any atom is -1.00 e. The monoisotopic (exact) mass is 302 g/mol. The topological polar surface area (TPSA) is 8.29 Å². The summed E-state index contributed by atoms with van der Waals surface area (Å²) in [6.45, 7) is 7.49. The Labute approximate surface area is 102 Å². The fourth-order valence-electron chi connectivity index (χ4n) is 1.79. The number of aryl methyl sites for hydroxylation is 3. The van der Waals surface area contributed by atoms with Crippen molar-refractivity contribution in [1.82, 2.24) is 4.40 Å². The van der Waals surface area contributed by atoms with Crippen LogP contribution in [0.25, 0.3) is 5.52 Å². The van der Waals surface area contributed by atoms with Crippen LogP contribution in [0.4, 0.5) is 0 Å². The fraction of sp³-hybridized carbons (Fsp3) is 0.364. The van der Waals surface area contributed by atoms with E-state index < -0.39 is 0 Å². The van der Waals surface area contributed by atoms with Gasteiger partial charge in [-0.15, -0.1) is 0 Å². The third-order valence-corrected chi connectivity index (χ3v) is 2.66. The van der Waals surface area contributed by atoms with Crippen LogP contribution < -0.4 is 28.5 Å². The molecule has 0 saturated heterocycles. The van der Waals surface area contributed by atoms with Crippen molar-refractivity contribution < 1.29 is 28.5 Å². The zero-order chi connectivity index (χ0) is 9.42. The van der Waals surface area contributed by atoms with Crippen LogP contribution in [-0.4, -0.2) is 4.40 Å². The average Bonchev–Trinajstić information content (AvgIpc) is 2.50. The second-order valence-corrected chi connectivity index (χ2v) is 3.40. The highest BCUT2D eigenvalue weighted by Gasteiger charge is 2.09. The van der Waals surface area contributed by atoms with Gasteiger partial charge >= 0.3 is 0 Å². The molecule has 0 unspecified atom stereocenters. The van der Waals surface area contributed by atoms with Crippen LogP contribution in [0.1, 0.15) is 18.3 Å². The largest absolute Gasteiger partial charge is 1.00 e. The van der Waals surface area contributed by atoms with E-state index in [2.05, 4.69) is 54.3 Å². The summed E-state index contributed by atoms with van der Waals surface area (Å²) in [5.74, 6) is 0. The molecule has 0 N–H and O–H groups in total. The Morgan fingerprint density at radius 3 is 2.64 bits per heavy atom. The van der Waals surface area contributed by atoms with Crippen molar-refractivity contribution in [2.75, 3.05) is 0 Å². The first-order valence-corrected chi connectivity index (χ1v) is 4.70. The first kappa shape index (κ1) is 11.5. The summed E-state index contributed by atoms with van der Waals surface area (Å²) in [5, 5.41) is 0. The van der Waals surface area contributed by atoms with Gasteiger partial charge in [0.2, 0.25) is 5.69 Å². The van der Waals surface area contributed by atoms with E-state index in [1.807, 2.05) is 0 Å². The molecule has 0 spiro atoms. The number of halogens is 1. The Bertz CT molecular complexity index is 446. The average molecular weight is 302 g/mol. The Hall–Kier alpha value is -0.580. The summed E-state index contributed by atoms with van der Waals surface area (Å²) in [5.41, 5.74) is 3.93. The normalized spacial score (nSPS) is 10.2. The van der Waals surface area contributed by atoms with Gasteiger partial charge in [-0.3, -0.25) is 0 Å². The lowest BCUT2D eigenvalue weighted by Gasteiger charge is -2.01. The molecule has 2 nitrogen and oxygen atoms in total. The van der Waals surface area contributed by atoms with Crippen LogP contribution in [-0.2, 0) is 6.54 Å². The van der Waals surface area contributed by atoms with E-state index in [9.17, 15) is 0 Å². The minimum absolute atomic E-state index is 0. The molecule has 3 heteroatoms. The van der Waals surface area contributed by atoms with Crippen molar-refractivity contribution in [3.05, 3.63) is 35.9 Å². The smallest absolute Gasteiger partial charge is 0.202 e. The zero-order valence-corrected chi connectivity index (χ0v) is 10.9. The number of aromatic nitrogens is 2. The number of hydrogen-bond donors (Lipinski definition) is 0. The molecular weight excluding hydrogens is 287 g/mol. The van der Waals surface area contributed by atoms with E-state index in [1.54, 1.807) is 0 Å². The second kappa shape index (κ2) is 4.29. The lowest BCUT2D eigenvalue weighted by Crippen LogP contribution is -3.00. The molecule has 0 aliphatic carbocycles. The molecule has 0 fully saturated rings. The van der Waals surface area contributed by atoms with Crippen LogP contribution in [0.15, 0.2) is 24.5 Å². The summed E-state index contributed by atoms with van der Waals surface area (Å²) in [7, 11) is 0. The van der Waals surface area contributed by atoms with Gasteiger partial charge in [0, 0.05) is 12.6 Å². The molecule has 2 aromatic rings. The zero-order valence-electron chi connectivity index (χ0n) is 8.79. The molecular formula is C11H15IN2. The maximum Gasteiger partial charge on any atom is 0.202 e. The van der Waals surface area contributed by atoms with Crippen LogP contribution in [0.3, 0.4) is 0 Å². The molecule has 2 rings (SSSR count). The van der Waals surface area contributed by atoms with Gasteiger partial charge in [0.25, 0.3) is 0 Å². The van der Waals surface area contributed by atoms with Crippen molar-refractivity contribution in [3.63, 3.8) is 0 Å². The quantitative estimate of drug-likeness (QED) is 0.465. The van der Waals surface area contributed by atoms with E-state index in [0.717, 1.165) is 6.54 Å². The summed E-state index contributed by atoms with van der Waals surface area (Å²) in [6.07, 6.45) is 4.26. The molecule has 0 aliphatic rings. The first-order chi connectivity index (χ1) is 6.24. The standard InChI is InChI=1S/C11H15N2.HI/c1-4-12-7-8-13-9(2)5-6-11(13)10(12)3;/h5-8H,4H2,1-3H3;1H/q+1;/p-1. The molecule has 76 valence electrons. The molecule has 0 saturated carbocycles. The van der Waals surface area contributed by atoms with E-state index in [0.29, 0.717) is 0 Å². The fourth-order valence-corrected chi connectivity index (χ4v) is 1.79. The van der Waals surface area contributed by atoms with E-state index in [1.165, 1.54) is 16.9 Å². The summed E-state index contributed by atoms with van der Waals surface area (Å²) in [4.78, 5) is 0. The Morgan fingerprint density at radius 2 is 2.00 bits per heavy atom. The maximum absolute atomic E-state index is 2.26. The van der Waals surface area contributed by atoms with Gasteiger partial charge in [0.15, 0.2) is 6.20 Å². The third-order valence-electron chi connectivity index (χ3n) is 2.66. The number of rotatable bonds is 1. The summed E-state index contributed by atoms with van der Waals surface area (Å²) < 4.78 is 4.48. The van der Waals surface area contributed by atoms with Crippen LogP contribution in [0.5, 0.6) is 0 Å². The first-order valence-electron chi connectivity index (χ1n) is 4.70. The van der Waals surface area contributed by atoms with Gasteiger partial charge in [-0.1, -0.05) is 0 Å². The molecule has 0 aliphatic heterocycles. The highest BCUT2D eigenvalue weighted by molar-refractivity contribution is 5.51. The SMILES string of the molecule is CC[n+]1ccn2c(C)ccc2c1C.[I-]. The van der Waals surface area contributed by atoms with E-state index >= 15 is 0 Å². The third kappa shape index (κ3) is 1.65. The molecule has 0 radical (unpaired) electrons. The Kier molecular flexibility index (Phi) is 3.53. The molecule has 0 aromatic carbocycles. The highest BCUT2D eigenvalue weighted by Crippen LogP contribution is 2.10. The number of hydrogen-bond acceptors (Lipinski definition) is 0. The van der Waals surface area contributed by atoms with Crippen LogP contribution >= 0.6 is 0 Å². The number of nitrogens with zero attached hydrogens (tertiary/aromatic N) is 2. The molecule has 2 heterocycles. The van der Waals surface area contributed by atoms with Crippen molar-refractivity contribution in [3.8, 4) is 0 Å². The van der Waals surface area contributed by atoms with Gasteiger partial charge in [0.05, 0.1) is 6.20 Å². The minimum atomic E-state index is 0. The van der Waals surface area contributed by atoms with Gasteiger partial charge < -0.3 is 28.4 Å². The summed E-state index contributed by atoms with van der Waals surface area (Å²) >= 11 is 0. The molecule has 0 bridgehead atoms. The van der Waals surface area contributed by atoms with Gasteiger partial charge in [0.1, 0.15) is 12.1 Å². The molecule has 14 heavy (non-hydrogen) atoms. The second-order valence-electron chi connectivity index (χ2n) is 3.40. The predicted octanol–water partition coefficient (Wildman–Crippen LogP) is -1.13. The Morgan fingerprint density at radius 1 is 1.29 bits per heavy atom. The molecule has 0 atom stereocenters. The van der Waals surface area contributed by atoms with Crippen LogP contribution in [0, 0.1) is 13.8 Å². The molecule has 2 aromatic heterocycles. The van der Waals surface area contributed by atoms with Crippen molar-refractivity contribution in [2.45, 2.75) is 27.3 Å². The van der Waals surface area contributed by atoms with Gasteiger partial charge in [-0.25, -0.2) is 0 Å². The van der Waals surface area contributed by atoms with Gasteiger partial charge in [-0.2, -0.15) is 4.57 Å². The van der Waals surface area contributed by atoms with Crippen molar-refractivity contribution >= 4 is 5.52 Å². The predicted molar refractivity (Wildman–Crippen MR) is 52.7 cm³/mol. The maximum atomic E-state index is 2.26. The van der Waals surface area contributed by atoms with Crippen molar-refractivity contribution in [2.24, 2.45) is 0 Å². The summed E-state index contributed by atoms with van der Waals surface area (Å²) in [6, 6.07) is 4.33. The number of fused-ring (bicyclic) bond motifs is 1.